The predicted octanol–water partition coefficient (Wildman–Crippen LogP) is 2.39. The van der Waals surface area contributed by atoms with E-state index in [9.17, 15) is 0 Å². The fourth-order valence-corrected chi connectivity index (χ4v) is 2.89. The summed E-state index contributed by atoms with van der Waals surface area (Å²) >= 11 is 8.63. The molecule has 0 bridgehead atoms. The Bertz CT molecular complexity index is 89.8. The first kappa shape index (κ1) is 6.90. The van der Waals surface area contributed by atoms with Gasteiger partial charge in [-0.3, -0.25) is 0 Å². The molecule has 0 unspecified atom stereocenters. The average Bonchev–Trinajstić information content (AvgIpc) is 1.77. The zero-order chi connectivity index (χ0) is 5.98. The van der Waals surface area contributed by atoms with Crippen molar-refractivity contribution in [2.24, 2.45) is 5.92 Å². The monoisotopic (exact) mass is 164 g/mol. The molecule has 0 aromatic heterocycles. The minimum atomic E-state index is 0.858. The molecule has 0 spiro atoms. The van der Waals surface area contributed by atoms with Crippen LogP contribution < -0.4 is 0 Å². The third-order valence-electron chi connectivity index (χ3n) is 0.971. The zero-order valence-electron chi connectivity index (χ0n) is 4.72. The van der Waals surface area contributed by atoms with Crippen molar-refractivity contribution in [3.05, 3.63) is 0 Å². The Morgan fingerprint density at radius 1 is 1.50 bits per heavy atom. The molecule has 0 radical (unpaired) electrons. The lowest BCUT2D eigenvalue weighted by molar-refractivity contribution is 0.766. The van der Waals surface area contributed by atoms with Gasteiger partial charge in [-0.1, -0.05) is 19.1 Å². The molecule has 0 nitrogen and oxygen atoms in total. The van der Waals surface area contributed by atoms with E-state index in [0.717, 1.165) is 9.45 Å². The number of hydrogen-bond acceptors (Lipinski definition) is 3. The molecular weight excluding hydrogens is 156 g/mol. The Balaban J connectivity index is 2.29. The lowest BCUT2D eigenvalue weighted by atomic mass is 10.3. The minimum absolute atomic E-state index is 0.858. The Hall–Kier alpha value is 0.790. The van der Waals surface area contributed by atoms with Crippen LogP contribution in [0.25, 0.3) is 0 Å². The second-order valence-corrected chi connectivity index (χ2v) is 5.22. The molecule has 8 heavy (non-hydrogen) atoms. The number of rotatable bonds is 0. The van der Waals surface area contributed by atoms with Crippen molar-refractivity contribution in [1.29, 1.82) is 0 Å². The minimum Gasteiger partial charge on any atom is -0.107 e. The third kappa shape index (κ3) is 1.96. The summed E-state index contributed by atoms with van der Waals surface area (Å²) in [6, 6.07) is 0. The van der Waals surface area contributed by atoms with Crippen molar-refractivity contribution in [2.75, 3.05) is 11.5 Å². The maximum Gasteiger partial charge on any atom is 0.104 e. The Labute approximate surface area is 63.8 Å². The van der Waals surface area contributed by atoms with Crippen LogP contribution in [0, 0.1) is 5.92 Å². The quantitative estimate of drug-likeness (QED) is 0.505. The van der Waals surface area contributed by atoms with Crippen molar-refractivity contribution < 1.29 is 0 Å². The van der Waals surface area contributed by atoms with Crippen molar-refractivity contribution in [3.8, 4) is 0 Å². The lowest BCUT2D eigenvalue weighted by Gasteiger charge is -2.15. The Morgan fingerprint density at radius 3 is 2.38 bits per heavy atom. The number of thioether (sulfide) groups is 2. The van der Waals surface area contributed by atoms with Gasteiger partial charge in [0.1, 0.15) is 3.53 Å². The normalized spacial score (nSPS) is 23.9. The van der Waals surface area contributed by atoms with Gasteiger partial charge in [-0.25, -0.2) is 0 Å². The highest BCUT2D eigenvalue weighted by Gasteiger charge is 2.12. The van der Waals surface area contributed by atoms with E-state index in [1.54, 1.807) is 0 Å². The van der Waals surface area contributed by atoms with Crippen LogP contribution in [0.3, 0.4) is 0 Å². The van der Waals surface area contributed by atoms with Crippen LogP contribution >= 0.6 is 35.7 Å². The summed E-state index contributed by atoms with van der Waals surface area (Å²) < 4.78 is 1.13. The zero-order valence-corrected chi connectivity index (χ0v) is 7.17. The van der Waals surface area contributed by atoms with E-state index >= 15 is 0 Å². The molecular formula is C5H8S3. The van der Waals surface area contributed by atoms with Gasteiger partial charge in [-0.05, 0) is 5.92 Å². The molecule has 0 aliphatic carbocycles. The number of thiocarbonyl (C=S) groups is 1. The van der Waals surface area contributed by atoms with Gasteiger partial charge in [0.15, 0.2) is 0 Å². The molecule has 1 saturated heterocycles. The van der Waals surface area contributed by atoms with Crippen molar-refractivity contribution in [1.82, 2.24) is 0 Å². The molecule has 3 heteroatoms. The molecule has 1 heterocycles. The molecule has 1 fully saturated rings. The maximum atomic E-state index is 4.98. The molecule has 0 amide bonds. The smallest absolute Gasteiger partial charge is 0.104 e. The summed E-state index contributed by atoms with van der Waals surface area (Å²) in [5.74, 6) is 3.31. The Morgan fingerprint density at radius 2 is 2.00 bits per heavy atom. The fourth-order valence-electron chi connectivity index (χ4n) is 0.510. The van der Waals surface area contributed by atoms with Crippen LogP contribution in [-0.2, 0) is 0 Å². The van der Waals surface area contributed by atoms with Gasteiger partial charge in [0.2, 0.25) is 0 Å². The number of hydrogen-bond donors (Lipinski definition) is 0. The van der Waals surface area contributed by atoms with Gasteiger partial charge in [0.25, 0.3) is 0 Å². The van der Waals surface area contributed by atoms with Gasteiger partial charge >= 0.3 is 0 Å². The van der Waals surface area contributed by atoms with Gasteiger partial charge in [-0.15, -0.1) is 23.5 Å². The van der Waals surface area contributed by atoms with Crippen LogP contribution in [0.1, 0.15) is 6.92 Å². The highest BCUT2D eigenvalue weighted by Crippen LogP contribution is 2.28. The first-order chi connectivity index (χ1) is 3.79. The molecule has 1 rings (SSSR count). The summed E-state index contributed by atoms with van der Waals surface area (Å²) in [5, 5.41) is 0. The summed E-state index contributed by atoms with van der Waals surface area (Å²) in [7, 11) is 0. The molecule has 0 aromatic carbocycles. The molecule has 46 valence electrons. The average molecular weight is 164 g/mol. The van der Waals surface area contributed by atoms with E-state index in [1.165, 1.54) is 11.5 Å². The van der Waals surface area contributed by atoms with E-state index in [0.29, 0.717) is 0 Å². The topological polar surface area (TPSA) is 0 Å². The van der Waals surface area contributed by atoms with Crippen molar-refractivity contribution in [2.45, 2.75) is 6.92 Å². The van der Waals surface area contributed by atoms with Gasteiger partial charge in [-0.2, -0.15) is 0 Å². The highest BCUT2D eigenvalue weighted by molar-refractivity contribution is 8.47. The van der Waals surface area contributed by atoms with Gasteiger partial charge in [0, 0.05) is 11.5 Å². The largest absolute Gasteiger partial charge is 0.107 e. The lowest BCUT2D eigenvalue weighted by Crippen LogP contribution is -2.09. The second kappa shape index (κ2) is 3.08. The third-order valence-corrected chi connectivity index (χ3v) is 4.33. The van der Waals surface area contributed by atoms with E-state index in [-0.39, 0.29) is 0 Å². The standard InChI is InChI=1S/C5H8S3/c1-4-2-7-5(6)8-3-4/h4H,2-3H2,1H3. The van der Waals surface area contributed by atoms with Crippen molar-refractivity contribution in [3.63, 3.8) is 0 Å². The predicted molar refractivity (Wildman–Crippen MR) is 46.7 cm³/mol. The molecule has 0 aromatic rings. The molecule has 1 aliphatic rings. The molecule has 0 saturated carbocycles. The first-order valence-corrected chi connectivity index (χ1v) is 4.96. The van der Waals surface area contributed by atoms with E-state index in [4.69, 9.17) is 12.2 Å². The summed E-state index contributed by atoms with van der Waals surface area (Å²) in [6.45, 7) is 2.27. The van der Waals surface area contributed by atoms with Crippen LogP contribution in [0.2, 0.25) is 0 Å². The Kier molecular flexibility index (Phi) is 2.66. The second-order valence-electron chi connectivity index (χ2n) is 1.98. The summed E-state index contributed by atoms with van der Waals surface area (Å²) in [5.41, 5.74) is 0. The maximum absolute atomic E-state index is 4.98. The van der Waals surface area contributed by atoms with Crippen LogP contribution in [-0.4, -0.2) is 15.0 Å². The molecule has 0 N–H and O–H groups in total. The van der Waals surface area contributed by atoms with E-state index in [1.807, 2.05) is 23.5 Å². The van der Waals surface area contributed by atoms with Crippen LogP contribution in [0.4, 0.5) is 0 Å². The SMILES string of the molecule is CC1CSC(=S)SC1. The fraction of sp³-hybridized carbons (Fsp3) is 0.800. The first-order valence-electron chi connectivity index (χ1n) is 2.58. The van der Waals surface area contributed by atoms with Crippen LogP contribution in [0.5, 0.6) is 0 Å². The highest BCUT2D eigenvalue weighted by atomic mass is 32.2. The van der Waals surface area contributed by atoms with Crippen LogP contribution in [0.15, 0.2) is 0 Å². The van der Waals surface area contributed by atoms with E-state index < -0.39 is 0 Å². The molecule has 0 atom stereocenters. The van der Waals surface area contributed by atoms with Gasteiger partial charge in [0.05, 0.1) is 0 Å². The summed E-state index contributed by atoms with van der Waals surface area (Å²) in [6.07, 6.45) is 0. The summed E-state index contributed by atoms with van der Waals surface area (Å²) in [4.78, 5) is 0. The van der Waals surface area contributed by atoms with Crippen molar-refractivity contribution >= 4 is 39.3 Å². The van der Waals surface area contributed by atoms with Gasteiger partial charge < -0.3 is 0 Å². The molecule has 1 aliphatic heterocycles. The van der Waals surface area contributed by atoms with E-state index in [2.05, 4.69) is 6.92 Å².